The van der Waals surface area contributed by atoms with Gasteiger partial charge in [-0.05, 0) is 12.3 Å². The molecule has 0 saturated heterocycles. The Labute approximate surface area is 94.0 Å². The summed E-state index contributed by atoms with van der Waals surface area (Å²) in [6.07, 6.45) is 0.334. The van der Waals surface area contributed by atoms with Crippen LogP contribution in [0.5, 0.6) is 0 Å². The molecule has 0 fully saturated rings. The van der Waals surface area contributed by atoms with Gasteiger partial charge in [-0.3, -0.25) is 9.59 Å². The number of carboxylic acids is 1. The van der Waals surface area contributed by atoms with Gasteiger partial charge in [0.15, 0.2) is 6.61 Å². The van der Waals surface area contributed by atoms with E-state index < -0.39 is 30.5 Å². The van der Waals surface area contributed by atoms with Crippen molar-refractivity contribution in [3.8, 4) is 0 Å². The third kappa shape index (κ3) is 6.80. The molecule has 0 rings (SSSR count). The van der Waals surface area contributed by atoms with Crippen molar-refractivity contribution in [3.05, 3.63) is 0 Å². The topological polar surface area (TPSA) is 92.7 Å². The van der Waals surface area contributed by atoms with Crippen molar-refractivity contribution in [2.24, 2.45) is 5.92 Å². The minimum Gasteiger partial charge on any atom is -0.480 e. The Hall–Kier alpha value is -1.59. The van der Waals surface area contributed by atoms with Crippen molar-refractivity contribution in [2.45, 2.75) is 33.2 Å². The Balaban J connectivity index is 4.13. The van der Waals surface area contributed by atoms with E-state index in [0.29, 0.717) is 6.42 Å². The quantitative estimate of drug-likeness (QED) is 0.635. The summed E-state index contributed by atoms with van der Waals surface area (Å²) in [6.45, 7) is 4.44. The van der Waals surface area contributed by atoms with E-state index in [1.54, 1.807) is 0 Å². The van der Waals surface area contributed by atoms with E-state index in [9.17, 15) is 14.4 Å². The van der Waals surface area contributed by atoms with E-state index in [2.05, 4.69) is 10.1 Å². The summed E-state index contributed by atoms with van der Waals surface area (Å²) < 4.78 is 4.45. The summed E-state index contributed by atoms with van der Waals surface area (Å²) in [5, 5.41) is 11.1. The van der Waals surface area contributed by atoms with Gasteiger partial charge >= 0.3 is 11.9 Å². The lowest BCUT2D eigenvalue weighted by Gasteiger charge is -2.16. The third-order valence-electron chi connectivity index (χ3n) is 1.75. The van der Waals surface area contributed by atoms with Gasteiger partial charge in [0.1, 0.15) is 6.04 Å². The number of esters is 1. The molecule has 16 heavy (non-hydrogen) atoms. The van der Waals surface area contributed by atoms with Crippen LogP contribution >= 0.6 is 0 Å². The second kappa shape index (κ2) is 6.81. The van der Waals surface area contributed by atoms with Crippen molar-refractivity contribution < 1.29 is 24.2 Å². The highest BCUT2D eigenvalue weighted by molar-refractivity contribution is 5.85. The van der Waals surface area contributed by atoms with Gasteiger partial charge in [0.25, 0.3) is 5.91 Å². The lowest BCUT2D eigenvalue weighted by Crippen LogP contribution is -2.43. The number of rotatable bonds is 6. The van der Waals surface area contributed by atoms with Gasteiger partial charge in [-0.2, -0.15) is 0 Å². The molecule has 0 saturated carbocycles. The van der Waals surface area contributed by atoms with Crippen LogP contribution < -0.4 is 5.32 Å². The Morgan fingerprint density at radius 3 is 2.25 bits per heavy atom. The third-order valence-corrected chi connectivity index (χ3v) is 1.75. The van der Waals surface area contributed by atoms with E-state index in [1.807, 2.05) is 13.8 Å². The summed E-state index contributed by atoms with van der Waals surface area (Å²) in [6, 6.07) is -0.942. The molecular formula is C10H17NO5. The first-order valence-corrected chi connectivity index (χ1v) is 4.98. The van der Waals surface area contributed by atoms with Crippen molar-refractivity contribution >= 4 is 17.8 Å². The highest BCUT2D eigenvalue weighted by Gasteiger charge is 2.21. The molecule has 0 heterocycles. The number of amides is 1. The molecule has 0 aliphatic carbocycles. The lowest BCUT2D eigenvalue weighted by molar-refractivity contribution is -0.148. The summed E-state index contributed by atoms with van der Waals surface area (Å²) in [7, 11) is 0. The van der Waals surface area contributed by atoms with Crippen molar-refractivity contribution in [1.29, 1.82) is 0 Å². The zero-order valence-corrected chi connectivity index (χ0v) is 9.65. The largest absolute Gasteiger partial charge is 0.480 e. The van der Waals surface area contributed by atoms with Gasteiger partial charge in [0.2, 0.25) is 0 Å². The molecule has 0 aliphatic heterocycles. The van der Waals surface area contributed by atoms with E-state index in [1.165, 1.54) is 6.92 Å². The van der Waals surface area contributed by atoms with Gasteiger partial charge in [-0.25, -0.2) is 4.79 Å². The fraction of sp³-hybridized carbons (Fsp3) is 0.700. The van der Waals surface area contributed by atoms with Crippen LogP contribution in [-0.2, 0) is 19.1 Å². The van der Waals surface area contributed by atoms with Gasteiger partial charge in [-0.1, -0.05) is 13.8 Å². The summed E-state index contributed by atoms with van der Waals surface area (Å²) >= 11 is 0. The highest BCUT2D eigenvalue weighted by atomic mass is 16.5. The summed E-state index contributed by atoms with van der Waals surface area (Å²) in [5.41, 5.74) is 0. The van der Waals surface area contributed by atoms with Crippen molar-refractivity contribution in [3.63, 3.8) is 0 Å². The van der Waals surface area contributed by atoms with Crippen molar-refractivity contribution in [2.75, 3.05) is 6.61 Å². The van der Waals surface area contributed by atoms with Gasteiger partial charge in [-0.15, -0.1) is 0 Å². The zero-order valence-electron chi connectivity index (χ0n) is 9.65. The minimum absolute atomic E-state index is 0.148. The Kier molecular flexibility index (Phi) is 6.14. The first kappa shape index (κ1) is 14.4. The molecule has 0 unspecified atom stereocenters. The summed E-state index contributed by atoms with van der Waals surface area (Å²) in [4.78, 5) is 32.4. The average molecular weight is 231 g/mol. The van der Waals surface area contributed by atoms with Crippen LogP contribution in [-0.4, -0.2) is 35.6 Å². The minimum atomic E-state index is -1.09. The highest BCUT2D eigenvalue weighted by Crippen LogP contribution is 2.04. The molecular weight excluding hydrogens is 214 g/mol. The van der Waals surface area contributed by atoms with Crippen LogP contribution in [0, 0.1) is 5.92 Å². The standard InChI is InChI=1S/C10H17NO5/c1-6(2)4-8(10(14)15)11-9(13)5-16-7(3)12/h6,8H,4-5H2,1-3H3,(H,11,13)(H,14,15)/t8-/m1/s1. The normalized spacial score (nSPS) is 12.0. The van der Waals surface area contributed by atoms with E-state index in [4.69, 9.17) is 5.11 Å². The number of carboxylic acid groups (broad SMARTS) is 1. The Morgan fingerprint density at radius 1 is 1.31 bits per heavy atom. The number of carbonyl (C=O) groups excluding carboxylic acids is 2. The fourth-order valence-electron chi connectivity index (χ4n) is 1.10. The smallest absolute Gasteiger partial charge is 0.326 e. The van der Waals surface area contributed by atoms with E-state index >= 15 is 0 Å². The molecule has 0 aromatic heterocycles. The molecule has 92 valence electrons. The first-order valence-electron chi connectivity index (χ1n) is 4.98. The molecule has 6 heteroatoms. The maximum Gasteiger partial charge on any atom is 0.326 e. The number of hydrogen-bond donors (Lipinski definition) is 2. The predicted molar refractivity (Wildman–Crippen MR) is 55.7 cm³/mol. The first-order chi connectivity index (χ1) is 7.32. The SMILES string of the molecule is CC(=O)OCC(=O)N[C@H](CC(C)C)C(=O)O. The predicted octanol–water partition coefficient (Wildman–Crippen LogP) is 0.165. The van der Waals surface area contributed by atoms with Crippen LogP contribution in [0.1, 0.15) is 27.2 Å². The molecule has 0 spiro atoms. The number of hydrogen-bond acceptors (Lipinski definition) is 4. The number of aliphatic carboxylic acids is 1. The number of nitrogens with one attached hydrogen (secondary N) is 1. The van der Waals surface area contributed by atoms with Crippen LogP contribution in [0.2, 0.25) is 0 Å². The van der Waals surface area contributed by atoms with Gasteiger partial charge in [0.05, 0.1) is 0 Å². The molecule has 0 aromatic carbocycles. The van der Waals surface area contributed by atoms with E-state index in [-0.39, 0.29) is 5.92 Å². The monoisotopic (exact) mass is 231 g/mol. The van der Waals surface area contributed by atoms with Gasteiger partial charge < -0.3 is 15.2 Å². The van der Waals surface area contributed by atoms with Crippen LogP contribution in [0.3, 0.4) is 0 Å². The number of carbonyl (C=O) groups is 3. The van der Waals surface area contributed by atoms with Crippen LogP contribution in [0.25, 0.3) is 0 Å². The molecule has 1 amide bonds. The molecule has 0 bridgehead atoms. The van der Waals surface area contributed by atoms with Crippen molar-refractivity contribution in [1.82, 2.24) is 5.32 Å². The molecule has 0 aliphatic rings. The molecule has 1 atom stereocenters. The Morgan fingerprint density at radius 2 is 1.88 bits per heavy atom. The zero-order chi connectivity index (χ0) is 12.7. The summed E-state index contributed by atoms with van der Waals surface area (Å²) in [5.74, 6) is -2.13. The van der Waals surface area contributed by atoms with Crippen LogP contribution in [0.15, 0.2) is 0 Å². The average Bonchev–Trinajstić information content (AvgIpc) is 2.12. The molecule has 2 N–H and O–H groups in total. The molecule has 0 radical (unpaired) electrons. The maximum absolute atomic E-state index is 11.2. The fourth-order valence-corrected chi connectivity index (χ4v) is 1.10. The Bertz CT molecular complexity index is 274. The van der Waals surface area contributed by atoms with Gasteiger partial charge in [0, 0.05) is 6.92 Å². The molecule has 6 nitrogen and oxygen atoms in total. The second-order valence-electron chi connectivity index (χ2n) is 3.87. The molecule has 0 aromatic rings. The van der Waals surface area contributed by atoms with E-state index in [0.717, 1.165) is 0 Å². The van der Waals surface area contributed by atoms with Crippen LogP contribution in [0.4, 0.5) is 0 Å². The second-order valence-corrected chi connectivity index (χ2v) is 3.87. The maximum atomic E-state index is 11.2. The number of ether oxygens (including phenoxy) is 1. The lowest BCUT2D eigenvalue weighted by atomic mass is 10.0.